The van der Waals surface area contributed by atoms with Crippen LogP contribution >= 0.6 is 15.9 Å². The molecule has 4 heteroatoms. The third-order valence-corrected chi connectivity index (χ3v) is 4.64. The lowest BCUT2D eigenvalue weighted by Crippen LogP contribution is -2.37. The summed E-state index contributed by atoms with van der Waals surface area (Å²) in [5.41, 5.74) is 1.04. The van der Waals surface area contributed by atoms with Crippen molar-refractivity contribution in [2.75, 3.05) is 19.6 Å². The number of nitrogens with one attached hydrogen (secondary N) is 1. The summed E-state index contributed by atoms with van der Waals surface area (Å²) in [5, 5.41) is 3.55. The van der Waals surface area contributed by atoms with Gasteiger partial charge in [0.25, 0.3) is 0 Å². The molecule has 1 fully saturated rings. The van der Waals surface area contributed by atoms with Gasteiger partial charge in [0.2, 0.25) is 0 Å². The molecule has 1 aromatic rings. The molecule has 1 heterocycles. The zero-order valence-electron chi connectivity index (χ0n) is 12.2. The standard InChI is InChI=1S/C16H24BrFN2/c1-2-3-9-20(12-15-5-4-8-19-15)11-13-10-14(18)6-7-16(13)17/h6-7,10,15,19H,2-5,8-9,11-12H2,1H3. The van der Waals surface area contributed by atoms with Crippen molar-refractivity contribution in [3.05, 3.63) is 34.1 Å². The summed E-state index contributed by atoms with van der Waals surface area (Å²) in [7, 11) is 0. The Kier molecular flexibility index (Phi) is 6.46. The number of nitrogens with zero attached hydrogens (tertiary/aromatic N) is 1. The van der Waals surface area contributed by atoms with E-state index >= 15 is 0 Å². The van der Waals surface area contributed by atoms with Crippen LogP contribution in [-0.4, -0.2) is 30.6 Å². The van der Waals surface area contributed by atoms with Gasteiger partial charge in [-0.3, -0.25) is 4.90 Å². The summed E-state index contributed by atoms with van der Waals surface area (Å²) in [5.74, 6) is -0.155. The SMILES string of the molecule is CCCCN(Cc1cc(F)ccc1Br)CC1CCCN1. The molecule has 2 nitrogen and oxygen atoms in total. The van der Waals surface area contributed by atoms with Crippen LogP contribution < -0.4 is 5.32 Å². The molecule has 0 saturated carbocycles. The van der Waals surface area contributed by atoms with Gasteiger partial charge in [-0.1, -0.05) is 29.3 Å². The second-order valence-corrected chi connectivity index (χ2v) is 6.47. The first-order chi connectivity index (χ1) is 9.69. The van der Waals surface area contributed by atoms with Crippen LogP contribution in [0.2, 0.25) is 0 Å². The molecular weight excluding hydrogens is 319 g/mol. The summed E-state index contributed by atoms with van der Waals surface area (Å²) in [6, 6.07) is 5.54. The van der Waals surface area contributed by atoms with Crippen molar-refractivity contribution in [2.24, 2.45) is 0 Å². The van der Waals surface area contributed by atoms with Crippen LogP contribution in [-0.2, 0) is 6.54 Å². The normalized spacial score (nSPS) is 18.9. The first-order valence-electron chi connectivity index (χ1n) is 7.58. The van der Waals surface area contributed by atoms with Crippen LogP contribution in [0.4, 0.5) is 4.39 Å². The van der Waals surface area contributed by atoms with Gasteiger partial charge in [0, 0.05) is 23.6 Å². The maximum Gasteiger partial charge on any atom is 0.123 e. The first kappa shape index (κ1) is 15.9. The summed E-state index contributed by atoms with van der Waals surface area (Å²) >= 11 is 3.53. The minimum absolute atomic E-state index is 0.155. The molecule has 0 radical (unpaired) electrons. The number of unbranched alkanes of at least 4 members (excludes halogenated alkanes) is 1. The Morgan fingerprint density at radius 2 is 2.30 bits per heavy atom. The number of halogens is 2. The van der Waals surface area contributed by atoms with Crippen molar-refractivity contribution in [2.45, 2.75) is 45.2 Å². The van der Waals surface area contributed by atoms with Crippen LogP contribution in [0.5, 0.6) is 0 Å². The molecule has 0 aliphatic carbocycles. The lowest BCUT2D eigenvalue weighted by atomic mass is 10.1. The highest BCUT2D eigenvalue weighted by atomic mass is 79.9. The quantitative estimate of drug-likeness (QED) is 0.807. The molecule has 0 aromatic heterocycles. The van der Waals surface area contributed by atoms with Gasteiger partial charge in [-0.2, -0.15) is 0 Å². The third-order valence-electron chi connectivity index (χ3n) is 3.87. The van der Waals surface area contributed by atoms with E-state index < -0.39 is 0 Å². The van der Waals surface area contributed by atoms with Crippen molar-refractivity contribution in [3.8, 4) is 0 Å². The Morgan fingerprint density at radius 3 is 3.00 bits per heavy atom. The summed E-state index contributed by atoms with van der Waals surface area (Å²) in [4.78, 5) is 2.45. The van der Waals surface area contributed by atoms with E-state index in [9.17, 15) is 4.39 Å². The highest BCUT2D eigenvalue weighted by molar-refractivity contribution is 9.10. The molecule has 1 aliphatic heterocycles. The van der Waals surface area contributed by atoms with Gasteiger partial charge in [0.05, 0.1) is 0 Å². The second kappa shape index (κ2) is 8.11. The summed E-state index contributed by atoms with van der Waals surface area (Å²) in [6.45, 7) is 6.30. The molecule has 0 amide bonds. The molecule has 0 bridgehead atoms. The zero-order chi connectivity index (χ0) is 14.4. The fourth-order valence-corrected chi connectivity index (χ4v) is 3.12. The van der Waals surface area contributed by atoms with Gasteiger partial charge in [-0.25, -0.2) is 4.39 Å². The molecule has 2 rings (SSSR count). The number of hydrogen-bond donors (Lipinski definition) is 1. The van der Waals surface area contributed by atoms with Crippen molar-refractivity contribution in [1.82, 2.24) is 10.2 Å². The van der Waals surface area contributed by atoms with Gasteiger partial charge >= 0.3 is 0 Å². The molecule has 1 aromatic carbocycles. The molecule has 1 atom stereocenters. The van der Waals surface area contributed by atoms with Crippen LogP contribution in [0.1, 0.15) is 38.2 Å². The summed E-state index contributed by atoms with van der Waals surface area (Å²) < 4.78 is 14.4. The number of benzene rings is 1. The molecule has 0 spiro atoms. The van der Waals surface area contributed by atoms with E-state index in [0.29, 0.717) is 6.04 Å². The van der Waals surface area contributed by atoms with Gasteiger partial charge in [-0.05, 0) is 56.1 Å². The number of hydrogen-bond acceptors (Lipinski definition) is 2. The van der Waals surface area contributed by atoms with Crippen molar-refractivity contribution in [1.29, 1.82) is 0 Å². The van der Waals surface area contributed by atoms with E-state index in [0.717, 1.165) is 36.2 Å². The lowest BCUT2D eigenvalue weighted by Gasteiger charge is -2.26. The van der Waals surface area contributed by atoms with Crippen LogP contribution in [0.25, 0.3) is 0 Å². The molecule has 112 valence electrons. The smallest absolute Gasteiger partial charge is 0.123 e. The van der Waals surface area contributed by atoms with Crippen LogP contribution in [0.3, 0.4) is 0 Å². The highest BCUT2D eigenvalue weighted by Gasteiger charge is 2.18. The van der Waals surface area contributed by atoms with Crippen molar-refractivity contribution < 1.29 is 4.39 Å². The molecule has 1 saturated heterocycles. The van der Waals surface area contributed by atoms with E-state index in [2.05, 4.69) is 33.1 Å². The first-order valence-corrected chi connectivity index (χ1v) is 8.38. The Hall–Kier alpha value is -0.450. The second-order valence-electron chi connectivity index (χ2n) is 5.62. The van der Waals surface area contributed by atoms with Gasteiger partial charge in [0.1, 0.15) is 5.82 Å². The maximum absolute atomic E-state index is 13.4. The predicted molar refractivity (Wildman–Crippen MR) is 85.3 cm³/mol. The maximum atomic E-state index is 13.4. The van der Waals surface area contributed by atoms with Gasteiger partial charge in [-0.15, -0.1) is 0 Å². The van der Waals surface area contributed by atoms with Crippen molar-refractivity contribution in [3.63, 3.8) is 0 Å². The molecule has 1 N–H and O–H groups in total. The third kappa shape index (κ3) is 4.83. The Balaban J connectivity index is 1.99. The Labute approximate surface area is 129 Å². The predicted octanol–water partition coefficient (Wildman–Crippen LogP) is 3.94. The largest absolute Gasteiger partial charge is 0.313 e. The Bertz CT molecular complexity index is 419. The zero-order valence-corrected chi connectivity index (χ0v) is 13.8. The van der Waals surface area contributed by atoms with Gasteiger partial charge in [0.15, 0.2) is 0 Å². The van der Waals surface area contributed by atoms with E-state index in [1.54, 1.807) is 12.1 Å². The fraction of sp³-hybridized carbons (Fsp3) is 0.625. The van der Waals surface area contributed by atoms with E-state index in [1.807, 2.05) is 0 Å². The Morgan fingerprint density at radius 1 is 1.45 bits per heavy atom. The fourth-order valence-electron chi connectivity index (χ4n) is 2.75. The average molecular weight is 343 g/mol. The highest BCUT2D eigenvalue weighted by Crippen LogP contribution is 2.20. The average Bonchev–Trinajstić information content (AvgIpc) is 2.93. The monoisotopic (exact) mass is 342 g/mol. The molecule has 20 heavy (non-hydrogen) atoms. The number of rotatable bonds is 7. The van der Waals surface area contributed by atoms with Crippen LogP contribution in [0.15, 0.2) is 22.7 Å². The topological polar surface area (TPSA) is 15.3 Å². The minimum atomic E-state index is -0.155. The molecular formula is C16H24BrFN2. The lowest BCUT2D eigenvalue weighted by molar-refractivity contribution is 0.237. The minimum Gasteiger partial charge on any atom is -0.313 e. The molecule has 1 aliphatic rings. The summed E-state index contributed by atoms with van der Waals surface area (Å²) in [6.07, 6.45) is 4.92. The van der Waals surface area contributed by atoms with E-state index in [1.165, 1.54) is 31.7 Å². The van der Waals surface area contributed by atoms with E-state index in [-0.39, 0.29) is 5.82 Å². The van der Waals surface area contributed by atoms with Gasteiger partial charge < -0.3 is 5.32 Å². The van der Waals surface area contributed by atoms with Crippen molar-refractivity contribution >= 4 is 15.9 Å². The molecule has 1 unspecified atom stereocenters. The van der Waals surface area contributed by atoms with E-state index in [4.69, 9.17) is 0 Å². The van der Waals surface area contributed by atoms with Crippen LogP contribution in [0, 0.1) is 5.82 Å².